The lowest BCUT2D eigenvalue weighted by molar-refractivity contribution is 0.554. The van der Waals surface area contributed by atoms with Gasteiger partial charge in [0.1, 0.15) is 5.82 Å². The van der Waals surface area contributed by atoms with E-state index in [1.54, 1.807) is 12.1 Å². The van der Waals surface area contributed by atoms with Gasteiger partial charge in [-0.2, -0.15) is 0 Å². The third-order valence-corrected chi connectivity index (χ3v) is 4.36. The Morgan fingerprint density at radius 1 is 1.20 bits per heavy atom. The normalized spacial score (nSPS) is 12.4. The third kappa shape index (κ3) is 4.05. The maximum atomic E-state index is 13.2. The topological polar surface area (TPSA) is 12.0 Å². The minimum atomic E-state index is -0.373. The molecule has 1 N–H and O–H groups in total. The maximum absolute atomic E-state index is 13.2. The van der Waals surface area contributed by atoms with E-state index in [9.17, 15) is 4.39 Å². The molecule has 20 heavy (non-hydrogen) atoms. The molecular weight excluding hydrogens is 341 g/mol. The Labute approximate surface area is 132 Å². The summed E-state index contributed by atoms with van der Waals surface area (Å²) in [6, 6.07) is 13.3. The fourth-order valence-electron chi connectivity index (χ4n) is 2.16. The quantitative estimate of drug-likeness (QED) is 0.824. The van der Waals surface area contributed by atoms with Crippen LogP contribution < -0.4 is 5.32 Å². The molecule has 1 nitrogen and oxygen atoms in total. The van der Waals surface area contributed by atoms with Crippen LogP contribution >= 0.6 is 27.5 Å². The first kappa shape index (κ1) is 15.5. The molecule has 0 heterocycles. The van der Waals surface area contributed by atoms with Crippen LogP contribution in [0.1, 0.15) is 11.1 Å². The number of rotatable bonds is 5. The SMILES string of the molecule is CNC(Cc1ccc(F)c(Cl)c1)Cc1ccccc1Br. The number of hydrogen-bond donors (Lipinski definition) is 1. The van der Waals surface area contributed by atoms with Crippen molar-refractivity contribution in [2.75, 3.05) is 7.05 Å². The predicted octanol–water partition coefficient (Wildman–Crippen LogP) is 4.61. The standard InChI is InChI=1S/C16H16BrClFN/c1-20-13(10-12-4-2-3-5-14(12)17)8-11-6-7-16(19)15(18)9-11/h2-7,9,13,20H,8,10H2,1H3. The zero-order chi connectivity index (χ0) is 14.5. The molecule has 1 unspecified atom stereocenters. The van der Waals surface area contributed by atoms with Gasteiger partial charge in [-0.15, -0.1) is 0 Å². The summed E-state index contributed by atoms with van der Waals surface area (Å²) in [6.45, 7) is 0. The third-order valence-electron chi connectivity index (χ3n) is 3.30. The van der Waals surface area contributed by atoms with Gasteiger partial charge in [0.05, 0.1) is 5.02 Å². The van der Waals surface area contributed by atoms with Gasteiger partial charge in [0.15, 0.2) is 0 Å². The van der Waals surface area contributed by atoms with Crippen molar-refractivity contribution in [3.8, 4) is 0 Å². The molecule has 0 bridgehead atoms. The van der Waals surface area contributed by atoms with Gasteiger partial charge in [-0.3, -0.25) is 0 Å². The van der Waals surface area contributed by atoms with Crippen molar-refractivity contribution >= 4 is 27.5 Å². The lowest BCUT2D eigenvalue weighted by Crippen LogP contribution is -2.30. The van der Waals surface area contributed by atoms with Crippen molar-refractivity contribution in [3.63, 3.8) is 0 Å². The van der Waals surface area contributed by atoms with E-state index in [1.807, 2.05) is 25.2 Å². The fourth-order valence-corrected chi connectivity index (χ4v) is 2.81. The summed E-state index contributed by atoms with van der Waals surface area (Å²) in [5.41, 5.74) is 2.28. The molecule has 0 aliphatic heterocycles. The van der Waals surface area contributed by atoms with E-state index in [0.29, 0.717) is 0 Å². The van der Waals surface area contributed by atoms with Crippen molar-refractivity contribution in [2.45, 2.75) is 18.9 Å². The minimum Gasteiger partial charge on any atom is -0.316 e. The highest BCUT2D eigenvalue weighted by molar-refractivity contribution is 9.10. The molecule has 2 aromatic carbocycles. The van der Waals surface area contributed by atoms with E-state index in [2.05, 4.69) is 27.3 Å². The molecule has 0 aliphatic carbocycles. The second kappa shape index (κ2) is 7.21. The molecule has 0 amide bonds. The summed E-state index contributed by atoms with van der Waals surface area (Å²) >= 11 is 9.39. The van der Waals surface area contributed by atoms with Crippen LogP contribution in [0.5, 0.6) is 0 Å². The van der Waals surface area contributed by atoms with Crippen LogP contribution in [0.4, 0.5) is 4.39 Å². The maximum Gasteiger partial charge on any atom is 0.141 e. The summed E-state index contributed by atoms with van der Waals surface area (Å²) in [7, 11) is 1.94. The van der Waals surface area contributed by atoms with E-state index in [-0.39, 0.29) is 16.9 Å². The lowest BCUT2D eigenvalue weighted by Gasteiger charge is -2.17. The van der Waals surface area contributed by atoms with Crippen molar-refractivity contribution in [1.82, 2.24) is 5.32 Å². The summed E-state index contributed by atoms with van der Waals surface area (Å²) in [4.78, 5) is 0. The molecule has 0 aliphatic rings. The Morgan fingerprint density at radius 3 is 2.60 bits per heavy atom. The van der Waals surface area contributed by atoms with E-state index in [1.165, 1.54) is 11.6 Å². The highest BCUT2D eigenvalue weighted by atomic mass is 79.9. The van der Waals surface area contributed by atoms with Gasteiger partial charge in [0, 0.05) is 10.5 Å². The lowest BCUT2D eigenvalue weighted by atomic mass is 9.99. The Hall–Kier alpha value is -0.900. The van der Waals surface area contributed by atoms with Crippen LogP contribution in [0, 0.1) is 5.82 Å². The van der Waals surface area contributed by atoms with E-state index < -0.39 is 0 Å². The molecule has 1 atom stereocenters. The van der Waals surface area contributed by atoms with Crippen LogP contribution in [0.2, 0.25) is 5.02 Å². The number of nitrogens with one attached hydrogen (secondary N) is 1. The fraction of sp³-hybridized carbons (Fsp3) is 0.250. The molecule has 106 valence electrons. The number of likely N-dealkylation sites (N-methyl/N-ethyl adjacent to an activating group) is 1. The zero-order valence-corrected chi connectivity index (χ0v) is 13.5. The van der Waals surface area contributed by atoms with Gasteiger partial charge in [0.2, 0.25) is 0 Å². The van der Waals surface area contributed by atoms with Crippen molar-refractivity contribution in [2.24, 2.45) is 0 Å². The highest BCUT2D eigenvalue weighted by Gasteiger charge is 2.11. The van der Waals surface area contributed by atoms with Crippen LogP contribution in [-0.4, -0.2) is 13.1 Å². The van der Waals surface area contributed by atoms with E-state index in [0.717, 1.165) is 22.9 Å². The van der Waals surface area contributed by atoms with E-state index in [4.69, 9.17) is 11.6 Å². The summed E-state index contributed by atoms with van der Waals surface area (Å²) in [5.74, 6) is -0.373. The van der Waals surface area contributed by atoms with Gasteiger partial charge in [-0.1, -0.05) is 51.8 Å². The van der Waals surface area contributed by atoms with Crippen LogP contribution in [0.15, 0.2) is 46.9 Å². The van der Waals surface area contributed by atoms with E-state index >= 15 is 0 Å². The molecule has 0 saturated carbocycles. The van der Waals surface area contributed by atoms with Gasteiger partial charge >= 0.3 is 0 Å². The van der Waals surface area contributed by atoms with Crippen LogP contribution in [0.3, 0.4) is 0 Å². The summed E-state index contributed by atoms with van der Waals surface area (Å²) < 4.78 is 14.3. The predicted molar refractivity (Wildman–Crippen MR) is 85.8 cm³/mol. The number of benzene rings is 2. The zero-order valence-electron chi connectivity index (χ0n) is 11.2. The molecule has 0 saturated heterocycles. The van der Waals surface area contributed by atoms with Crippen LogP contribution in [-0.2, 0) is 12.8 Å². The first-order valence-corrected chi connectivity index (χ1v) is 7.62. The van der Waals surface area contributed by atoms with Gasteiger partial charge in [-0.25, -0.2) is 4.39 Å². The first-order valence-electron chi connectivity index (χ1n) is 6.44. The smallest absolute Gasteiger partial charge is 0.141 e. The van der Waals surface area contributed by atoms with Gasteiger partial charge in [0.25, 0.3) is 0 Å². The molecule has 0 fully saturated rings. The molecule has 2 aromatic rings. The molecule has 4 heteroatoms. The highest BCUT2D eigenvalue weighted by Crippen LogP contribution is 2.20. The molecule has 0 spiro atoms. The van der Waals surface area contributed by atoms with Gasteiger partial charge < -0.3 is 5.32 Å². The molecule has 0 aromatic heterocycles. The second-order valence-corrected chi connectivity index (χ2v) is 6.00. The van der Waals surface area contributed by atoms with Crippen molar-refractivity contribution in [3.05, 3.63) is 68.9 Å². The number of halogens is 3. The second-order valence-electron chi connectivity index (χ2n) is 4.73. The Morgan fingerprint density at radius 2 is 1.95 bits per heavy atom. The first-order chi connectivity index (χ1) is 9.60. The average molecular weight is 357 g/mol. The molecule has 0 radical (unpaired) electrons. The Bertz CT molecular complexity index is 588. The summed E-state index contributed by atoms with van der Waals surface area (Å²) in [5, 5.41) is 3.48. The minimum absolute atomic E-state index is 0.179. The van der Waals surface area contributed by atoms with Crippen molar-refractivity contribution in [1.29, 1.82) is 0 Å². The molecular formula is C16H16BrClFN. The monoisotopic (exact) mass is 355 g/mol. The molecule has 2 rings (SSSR count). The Balaban J connectivity index is 2.09. The van der Waals surface area contributed by atoms with Crippen LogP contribution in [0.25, 0.3) is 0 Å². The number of hydrogen-bond acceptors (Lipinski definition) is 1. The largest absolute Gasteiger partial charge is 0.316 e. The van der Waals surface area contributed by atoms with Crippen molar-refractivity contribution < 1.29 is 4.39 Å². The average Bonchev–Trinajstić information content (AvgIpc) is 2.44. The van der Waals surface area contributed by atoms with Gasteiger partial charge in [-0.05, 0) is 49.2 Å². The Kier molecular flexibility index (Phi) is 5.58. The summed E-state index contributed by atoms with van der Waals surface area (Å²) in [6.07, 6.45) is 1.70.